The lowest BCUT2D eigenvalue weighted by Gasteiger charge is -2.42. The van der Waals surface area contributed by atoms with E-state index in [9.17, 15) is 18.0 Å². The van der Waals surface area contributed by atoms with Gasteiger partial charge in [0.05, 0.1) is 12.7 Å². The summed E-state index contributed by atoms with van der Waals surface area (Å²) in [6.07, 6.45) is 3.45. The number of pyridine rings is 1. The van der Waals surface area contributed by atoms with E-state index in [0.717, 1.165) is 48.0 Å². The van der Waals surface area contributed by atoms with Crippen LogP contribution in [-0.4, -0.2) is 65.0 Å². The van der Waals surface area contributed by atoms with E-state index in [4.69, 9.17) is 4.74 Å². The lowest BCUT2D eigenvalue weighted by Crippen LogP contribution is -2.56. The van der Waals surface area contributed by atoms with Crippen LogP contribution in [0.15, 0.2) is 73.2 Å². The average Bonchev–Trinajstić information content (AvgIpc) is 3.35. The van der Waals surface area contributed by atoms with E-state index in [1.807, 2.05) is 42.7 Å². The number of hydrogen-bond acceptors (Lipinski definition) is 4. The van der Waals surface area contributed by atoms with Gasteiger partial charge in [0.25, 0.3) is 5.91 Å². The van der Waals surface area contributed by atoms with Gasteiger partial charge < -0.3 is 14.6 Å². The maximum atomic E-state index is 13.7. The topological polar surface area (TPSA) is 61.5 Å². The van der Waals surface area contributed by atoms with Crippen molar-refractivity contribution in [3.05, 3.63) is 95.4 Å². The number of amides is 1. The van der Waals surface area contributed by atoms with Crippen LogP contribution in [0, 0.1) is 0 Å². The molecule has 1 amide bonds. The fraction of sp³-hybridized carbons (Fsp3) is 0.333. The van der Waals surface area contributed by atoms with Crippen molar-refractivity contribution in [1.82, 2.24) is 19.8 Å². The monoisotopic (exact) mass is 608 g/mol. The van der Waals surface area contributed by atoms with Crippen LogP contribution in [0.25, 0.3) is 10.9 Å². The van der Waals surface area contributed by atoms with E-state index >= 15 is 0 Å². The van der Waals surface area contributed by atoms with Gasteiger partial charge in [0.15, 0.2) is 0 Å². The van der Waals surface area contributed by atoms with E-state index < -0.39 is 17.6 Å². The Morgan fingerprint density at radius 1 is 1.10 bits per heavy atom. The predicted molar refractivity (Wildman–Crippen MR) is 158 cm³/mol. The Balaban J connectivity index is 0.00000231. The van der Waals surface area contributed by atoms with Gasteiger partial charge in [-0.25, -0.2) is 0 Å². The molecule has 0 bridgehead atoms. The first-order valence-corrected chi connectivity index (χ1v) is 13.1. The van der Waals surface area contributed by atoms with Crippen LogP contribution in [0.1, 0.15) is 33.5 Å². The molecule has 0 unspecified atom stereocenters. The number of aromatic amines is 1. The number of H-pyrrole nitrogens is 1. The molecule has 0 spiro atoms. The zero-order chi connectivity index (χ0) is 27.4. The summed E-state index contributed by atoms with van der Waals surface area (Å²) < 4.78 is 45.8. The molecular weight excluding hydrogens is 576 g/mol. The second-order valence-electron chi connectivity index (χ2n) is 9.93. The first-order valence-electron chi connectivity index (χ1n) is 13.1. The van der Waals surface area contributed by atoms with Crippen molar-refractivity contribution in [3.63, 3.8) is 0 Å². The fourth-order valence-electron chi connectivity index (χ4n) is 5.34. The third-order valence-corrected chi connectivity index (χ3v) is 7.34. The van der Waals surface area contributed by atoms with Gasteiger partial charge >= 0.3 is 6.18 Å². The predicted octanol–water partition coefficient (Wildman–Crippen LogP) is 6.44. The van der Waals surface area contributed by atoms with Crippen LogP contribution in [0.2, 0.25) is 0 Å². The van der Waals surface area contributed by atoms with Crippen molar-refractivity contribution in [2.75, 3.05) is 33.3 Å². The highest BCUT2D eigenvalue weighted by Gasteiger charge is 2.35. The minimum atomic E-state index is -4.58. The highest BCUT2D eigenvalue weighted by atomic mass is 35.5. The molecule has 11 heteroatoms. The maximum Gasteiger partial charge on any atom is 0.416 e. The molecule has 1 N–H and O–H groups in total. The summed E-state index contributed by atoms with van der Waals surface area (Å²) in [7, 11) is 1.30. The summed E-state index contributed by atoms with van der Waals surface area (Å²) in [5.74, 6) is -0.408. The molecule has 1 fully saturated rings. The smallest absolute Gasteiger partial charge is 0.416 e. The number of piperazine rings is 1. The number of halogens is 5. The number of ether oxygens (including phenoxy) is 1. The summed E-state index contributed by atoms with van der Waals surface area (Å²) in [5, 5.41) is 1.08. The van der Waals surface area contributed by atoms with Gasteiger partial charge in [0, 0.05) is 60.7 Å². The summed E-state index contributed by atoms with van der Waals surface area (Å²) in [6, 6.07) is 15.0. The third kappa shape index (κ3) is 7.72. The Morgan fingerprint density at radius 2 is 1.90 bits per heavy atom. The molecule has 0 saturated carbocycles. The minimum Gasteiger partial charge on any atom is -0.497 e. The number of aromatic nitrogens is 2. The molecule has 2 aromatic heterocycles. The Kier molecular flexibility index (Phi) is 11.1. The average molecular weight is 610 g/mol. The fourth-order valence-corrected chi connectivity index (χ4v) is 5.34. The number of methoxy groups -OCH3 is 1. The van der Waals surface area contributed by atoms with Crippen LogP contribution >= 0.6 is 24.8 Å². The molecule has 3 heterocycles. The molecule has 0 radical (unpaired) electrons. The first kappa shape index (κ1) is 32.2. The van der Waals surface area contributed by atoms with Crippen molar-refractivity contribution < 1.29 is 22.7 Å². The zero-order valence-electron chi connectivity index (χ0n) is 22.6. The van der Waals surface area contributed by atoms with Gasteiger partial charge in [0.1, 0.15) is 5.75 Å². The quantitative estimate of drug-likeness (QED) is 0.250. The molecule has 4 aromatic rings. The van der Waals surface area contributed by atoms with E-state index in [-0.39, 0.29) is 42.2 Å². The van der Waals surface area contributed by atoms with E-state index in [1.54, 1.807) is 11.1 Å². The normalized spacial score (nSPS) is 15.7. The van der Waals surface area contributed by atoms with Crippen molar-refractivity contribution in [3.8, 4) is 5.75 Å². The van der Waals surface area contributed by atoms with Crippen molar-refractivity contribution in [2.24, 2.45) is 0 Å². The molecule has 220 valence electrons. The number of hydrogen-bond donors (Lipinski definition) is 1. The molecule has 1 atom stereocenters. The number of alkyl halides is 3. The molecule has 2 aromatic carbocycles. The molecule has 0 aliphatic carbocycles. The highest BCUT2D eigenvalue weighted by Crippen LogP contribution is 2.33. The summed E-state index contributed by atoms with van der Waals surface area (Å²) in [5.41, 5.74) is 2.35. The lowest BCUT2D eigenvalue weighted by atomic mass is 9.99. The van der Waals surface area contributed by atoms with E-state index in [2.05, 4.69) is 20.9 Å². The number of carbonyl (C=O) groups excluding carboxylic acids is 1. The summed E-state index contributed by atoms with van der Waals surface area (Å²) >= 11 is 0. The largest absolute Gasteiger partial charge is 0.497 e. The first-order chi connectivity index (χ1) is 18.8. The number of benzene rings is 2. The molecule has 1 aliphatic rings. The molecule has 5 rings (SSSR count). The maximum absolute atomic E-state index is 13.7. The summed E-state index contributed by atoms with van der Waals surface area (Å²) in [4.78, 5) is 25.3. The Morgan fingerprint density at radius 3 is 2.63 bits per heavy atom. The second-order valence-corrected chi connectivity index (χ2v) is 9.93. The van der Waals surface area contributed by atoms with Gasteiger partial charge in [0.2, 0.25) is 0 Å². The van der Waals surface area contributed by atoms with Crippen LogP contribution in [0.3, 0.4) is 0 Å². The van der Waals surface area contributed by atoms with Gasteiger partial charge in [-0.05, 0) is 67.3 Å². The molecule has 6 nitrogen and oxygen atoms in total. The minimum absolute atomic E-state index is 0. The molecule has 41 heavy (non-hydrogen) atoms. The number of para-hydroxylation sites is 1. The molecular formula is C30H33Cl2F3N4O2. The Hall–Kier alpha value is -3.27. The van der Waals surface area contributed by atoms with E-state index in [0.29, 0.717) is 26.1 Å². The van der Waals surface area contributed by atoms with Crippen LogP contribution < -0.4 is 4.74 Å². The lowest BCUT2D eigenvalue weighted by molar-refractivity contribution is -0.137. The Labute approximate surface area is 249 Å². The summed E-state index contributed by atoms with van der Waals surface area (Å²) in [6.45, 7) is 2.57. The van der Waals surface area contributed by atoms with Crippen molar-refractivity contribution >= 4 is 41.6 Å². The molecule has 1 aliphatic heterocycles. The van der Waals surface area contributed by atoms with Crippen LogP contribution in [-0.2, 0) is 19.0 Å². The number of carbonyl (C=O) groups is 1. The second kappa shape index (κ2) is 14.1. The number of nitrogens with one attached hydrogen (secondary N) is 1. The molecule has 1 saturated heterocycles. The number of nitrogens with zero attached hydrogens (tertiary/aromatic N) is 3. The third-order valence-electron chi connectivity index (χ3n) is 7.34. The van der Waals surface area contributed by atoms with Crippen LogP contribution in [0.5, 0.6) is 5.75 Å². The van der Waals surface area contributed by atoms with Crippen molar-refractivity contribution in [1.29, 1.82) is 0 Å². The van der Waals surface area contributed by atoms with Gasteiger partial charge in [-0.3, -0.25) is 14.7 Å². The number of rotatable bonds is 8. The standard InChI is InChI=1S/C30H31F3N4O2.2ClH/c1-39-26-16-22(14-24(17-26)30(31,32)33)29(38)37-13-12-36(11-5-7-21-6-4-10-34-18-21)20-25(37)15-23-19-35-28-9-3-2-8-27(23)28;;/h2-4,6,8-10,14,16-19,25,35H,5,7,11-13,15,20H2,1H3;2*1H/t25-;;/m1../s1. The zero-order valence-corrected chi connectivity index (χ0v) is 24.2. The van der Waals surface area contributed by atoms with E-state index in [1.165, 1.54) is 18.7 Å². The van der Waals surface area contributed by atoms with Crippen molar-refractivity contribution in [2.45, 2.75) is 31.5 Å². The Bertz CT molecular complexity index is 1430. The van der Waals surface area contributed by atoms with Gasteiger partial charge in [-0.1, -0.05) is 24.3 Å². The van der Waals surface area contributed by atoms with Crippen LogP contribution in [0.4, 0.5) is 13.2 Å². The number of fused-ring (bicyclic) bond motifs is 1. The SMILES string of the molecule is COc1cc(C(=O)N2CCN(CCCc3cccnc3)C[C@H]2Cc2c[nH]c3ccccc23)cc(C(F)(F)F)c1.Cl.Cl. The van der Waals surface area contributed by atoms with Gasteiger partial charge in [-0.15, -0.1) is 24.8 Å². The van der Waals surface area contributed by atoms with Gasteiger partial charge in [-0.2, -0.15) is 13.2 Å². The highest BCUT2D eigenvalue weighted by molar-refractivity contribution is 5.95. The number of aryl methyl sites for hydroxylation is 1.